The maximum absolute atomic E-state index is 10.7. The second kappa shape index (κ2) is 7.37. The molecule has 2 rings (SSSR count). The number of amides is 1. The maximum Gasteiger partial charge on any atom is 0.220 e. The quantitative estimate of drug-likeness (QED) is 0.747. The summed E-state index contributed by atoms with van der Waals surface area (Å²) in [5.41, 5.74) is 7.75. The maximum atomic E-state index is 10.7. The number of carbonyl (C=O) groups excluding carboxylic acids is 1. The number of nitrogens with two attached hydrogens (primary N) is 1. The molecule has 0 fully saturated rings. The van der Waals surface area contributed by atoms with Crippen molar-refractivity contribution in [1.29, 1.82) is 0 Å². The highest BCUT2D eigenvalue weighted by Gasteiger charge is 2.08. The first kappa shape index (κ1) is 15.7. The molecule has 0 atom stereocenters. The van der Waals surface area contributed by atoms with E-state index in [4.69, 9.17) is 10.5 Å². The minimum Gasteiger partial charge on any atom is -0.490 e. The molecule has 0 unspecified atom stereocenters. The predicted molar refractivity (Wildman–Crippen MR) is 85.6 cm³/mol. The van der Waals surface area contributed by atoms with Gasteiger partial charge in [-0.15, -0.1) is 0 Å². The molecule has 1 aromatic heterocycles. The molecular weight excluding hydrogens is 282 g/mol. The Morgan fingerprint density at radius 3 is 2.86 bits per heavy atom. The van der Waals surface area contributed by atoms with E-state index in [2.05, 4.69) is 15.3 Å². The summed E-state index contributed by atoms with van der Waals surface area (Å²) in [4.78, 5) is 20.8. The van der Waals surface area contributed by atoms with Crippen molar-refractivity contribution in [3.63, 3.8) is 0 Å². The second-order valence-corrected chi connectivity index (χ2v) is 4.92. The fourth-order valence-corrected chi connectivity index (χ4v) is 1.86. The number of hydrogen-bond donors (Lipinski definition) is 2. The zero-order chi connectivity index (χ0) is 15.9. The Bertz CT molecular complexity index is 646. The number of hydrogen-bond acceptors (Lipinski definition) is 6. The van der Waals surface area contributed by atoms with Crippen LogP contribution in [0.3, 0.4) is 0 Å². The van der Waals surface area contributed by atoms with Gasteiger partial charge >= 0.3 is 0 Å². The van der Waals surface area contributed by atoms with E-state index in [0.29, 0.717) is 30.1 Å². The van der Waals surface area contributed by atoms with Gasteiger partial charge < -0.3 is 20.7 Å². The molecule has 0 aliphatic carbocycles. The van der Waals surface area contributed by atoms with Gasteiger partial charge in [-0.25, -0.2) is 9.97 Å². The molecule has 0 bridgehead atoms. The minimum atomic E-state index is 0.211. The number of likely N-dealkylation sites (N-methyl/N-ethyl adjacent to an activating group) is 1. The van der Waals surface area contributed by atoms with Crippen molar-refractivity contribution < 1.29 is 9.53 Å². The number of nitrogen functional groups attached to an aromatic ring is 1. The molecule has 1 amide bonds. The molecule has 0 aliphatic rings. The van der Waals surface area contributed by atoms with Gasteiger partial charge in [-0.05, 0) is 32.3 Å². The van der Waals surface area contributed by atoms with Crippen LogP contribution in [0.25, 0.3) is 11.3 Å². The molecule has 1 heterocycles. The number of benzene rings is 1. The summed E-state index contributed by atoms with van der Waals surface area (Å²) < 4.78 is 5.76. The van der Waals surface area contributed by atoms with Crippen LogP contribution in [0.2, 0.25) is 0 Å². The Morgan fingerprint density at radius 1 is 1.36 bits per heavy atom. The molecule has 0 aliphatic heterocycles. The van der Waals surface area contributed by atoms with Crippen LogP contribution in [-0.4, -0.2) is 48.5 Å². The predicted octanol–water partition coefficient (Wildman–Crippen LogP) is 1.23. The van der Waals surface area contributed by atoms with Gasteiger partial charge in [-0.3, -0.25) is 4.79 Å². The van der Waals surface area contributed by atoms with Crippen molar-refractivity contribution in [2.45, 2.75) is 0 Å². The number of carbonyl (C=O) groups is 1. The Balaban J connectivity index is 2.27. The molecule has 0 spiro atoms. The third kappa shape index (κ3) is 4.16. The van der Waals surface area contributed by atoms with Crippen LogP contribution < -0.4 is 15.8 Å². The summed E-state index contributed by atoms with van der Waals surface area (Å²) in [5.74, 6) is 0.798. The standard InChI is InChI=1S/C15H19N5O2/c1-20(2)7-8-22-14-9-11(3-4-13(14)18-10-21)12-5-6-17-15(16)19-12/h3-6,9-10H,7-8H2,1-2H3,(H,18,21)(H2,16,17,19). The number of nitrogens with zero attached hydrogens (tertiary/aromatic N) is 3. The van der Waals surface area contributed by atoms with E-state index in [1.165, 1.54) is 0 Å². The van der Waals surface area contributed by atoms with Crippen molar-refractivity contribution in [2.24, 2.45) is 0 Å². The average molecular weight is 301 g/mol. The largest absolute Gasteiger partial charge is 0.490 e. The van der Waals surface area contributed by atoms with Gasteiger partial charge in [0, 0.05) is 18.3 Å². The Morgan fingerprint density at radius 2 is 2.18 bits per heavy atom. The van der Waals surface area contributed by atoms with Gasteiger partial charge in [-0.2, -0.15) is 0 Å². The third-order valence-corrected chi connectivity index (χ3v) is 2.96. The third-order valence-electron chi connectivity index (χ3n) is 2.96. The summed E-state index contributed by atoms with van der Waals surface area (Å²) >= 11 is 0. The smallest absolute Gasteiger partial charge is 0.220 e. The molecule has 0 saturated heterocycles. The summed E-state index contributed by atoms with van der Waals surface area (Å²) in [7, 11) is 3.93. The van der Waals surface area contributed by atoms with Gasteiger partial charge in [0.05, 0.1) is 11.4 Å². The summed E-state index contributed by atoms with van der Waals surface area (Å²) in [6, 6.07) is 7.20. The highest BCUT2D eigenvalue weighted by Crippen LogP contribution is 2.30. The highest BCUT2D eigenvalue weighted by molar-refractivity contribution is 5.78. The second-order valence-electron chi connectivity index (χ2n) is 4.92. The molecule has 3 N–H and O–H groups in total. The SMILES string of the molecule is CN(C)CCOc1cc(-c2ccnc(N)n2)ccc1NC=O. The molecule has 7 nitrogen and oxygen atoms in total. The monoisotopic (exact) mass is 301 g/mol. The lowest BCUT2D eigenvalue weighted by Gasteiger charge is -2.14. The lowest BCUT2D eigenvalue weighted by molar-refractivity contribution is -0.105. The van der Waals surface area contributed by atoms with E-state index in [1.54, 1.807) is 18.3 Å². The summed E-state index contributed by atoms with van der Waals surface area (Å²) in [6.45, 7) is 1.28. The number of ether oxygens (including phenoxy) is 1. The molecular formula is C15H19N5O2. The first-order chi connectivity index (χ1) is 10.6. The van der Waals surface area contributed by atoms with Crippen LogP contribution in [0.5, 0.6) is 5.75 Å². The van der Waals surface area contributed by atoms with E-state index in [0.717, 1.165) is 12.1 Å². The zero-order valence-electron chi connectivity index (χ0n) is 12.6. The van der Waals surface area contributed by atoms with Crippen molar-refractivity contribution >= 4 is 18.0 Å². The van der Waals surface area contributed by atoms with E-state index in [9.17, 15) is 4.79 Å². The Labute approximate surface area is 129 Å². The van der Waals surface area contributed by atoms with E-state index in [-0.39, 0.29) is 5.95 Å². The summed E-state index contributed by atoms with van der Waals surface area (Å²) in [6.07, 6.45) is 2.22. The van der Waals surface area contributed by atoms with Gasteiger partial charge in [0.15, 0.2) is 0 Å². The van der Waals surface area contributed by atoms with Crippen molar-refractivity contribution in [1.82, 2.24) is 14.9 Å². The number of rotatable bonds is 7. The van der Waals surface area contributed by atoms with Crippen LogP contribution in [0, 0.1) is 0 Å². The lowest BCUT2D eigenvalue weighted by Crippen LogP contribution is -2.19. The van der Waals surface area contributed by atoms with Crippen molar-refractivity contribution in [3.8, 4) is 17.0 Å². The zero-order valence-corrected chi connectivity index (χ0v) is 12.6. The molecule has 1 aromatic carbocycles. The van der Waals surface area contributed by atoms with Crippen LogP contribution in [0.1, 0.15) is 0 Å². The van der Waals surface area contributed by atoms with E-state index in [1.807, 2.05) is 31.1 Å². The molecule has 116 valence electrons. The normalized spacial score (nSPS) is 10.5. The number of nitrogens with one attached hydrogen (secondary N) is 1. The lowest BCUT2D eigenvalue weighted by atomic mass is 10.1. The average Bonchev–Trinajstić information content (AvgIpc) is 2.48. The molecule has 2 aromatic rings. The molecule has 7 heteroatoms. The summed E-state index contributed by atoms with van der Waals surface area (Å²) in [5, 5.41) is 2.63. The van der Waals surface area contributed by atoms with E-state index >= 15 is 0 Å². The van der Waals surface area contributed by atoms with Crippen molar-refractivity contribution in [3.05, 3.63) is 30.5 Å². The highest BCUT2D eigenvalue weighted by atomic mass is 16.5. The molecule has 0 saturated carbocycles. The first-order valence-electron chi connectivity index (χ1n) is 6.81. The van der Waals surface area contributed by atoms with Crippen LogP contribution >= 0.6 is 0 Å². The number of anilines is 2. The van der Waals surface area contributed by atoms with Gasteiger partial charge in [0.1, 0.15) is 12.4 Å². The van der Waals surface area contributed by atoms with Gasteiger partial charge in [0.25, 0.3) is 0 Å². The van der Waals surface area contributed by atoms with E-state index < -0.39 is 0 Å². The Kier molecular flexibility index (Phi) is 5.26. The van der Waals surface area contributed by atoms with Crippen molar-refractivity contribution in [2.75, 3.05) is 38.3 Å². The molecule has 22 heavy (non-hydrogen) atoms. The fraction of sp³-hybridized carbons (Fsp3) is 0.267. The first-order valence-corrected chi connectivity index (χ1v) is 6.81. The van der Waals surface area contributed by atoms with Crippen LogP contribution in [0.4, 0.5) is 11.6 Å². The van der Waals surface area contributed by atoms with Gasteiger partial charge in [0.2, 0.25) is 12.4 Å². The number of aromatic nitrogens is 2. The fourth-order valence-electron chi connectivity index (χ4n) is 1.86. The Hall–Kier alpha value is -2.67. The van der Waals surface area contributed by atoms with Gasteiger partial charge in [-0.1, -0.05) is 6.07 Å². The van der Waals surface area contributed by atoms with Crippen LogP contribution in [0.15, 0.2) is 30.5 Å². The minimum absolute atomic E-state index is 0.211. The van der Waals surface area contributed by atoms with Crippen LogP contribution in [-0.2, 0) is 4.79 Å². The molecule has 0 radical (unpaired) electrons. The topological polar surface area (TPSA) is 93.4 Å².